The first-order valence-corrected chi connectivity index (χ1v) is 19.8. The summed E-state index contributed by atoms with van der Waals surface area (Å²) >= 11 is 0. The van der Waals surface area contributed by atoms with Gasteiger partial charge in [0.1, 0.15) is 0 Å². The molecule has 0 unspecified atom stereocenters. The van der Waals surface area contributed by atoms with E-state index in [0.717, 1.165) is 12.1 Å². The minimum atomic E-state index is -2.54. The van der Waals surface area contributed by atoms with Crippen LogP contribution in [-0.2, 0) is 25.6 Å². The molecule has 0 amide bonds. The molecule has 0 bridgehead atoms. The summed E-state index contributed by atoms with van der Waals surface area (Å²) < 4.78 is 34.9. The molecule has 0 aliphatic carbocycles. The van der Waals surface area contributed by atoms with Crippen LogP contribution >= 0.6 is 0 Å². The zero-order valence-electron chi connectivity index (χ0n) is 15.6. The molecule has 0 saturated heterocycles. The van der Waals surface area contributed by atoms with Gasteiger partial charge in [0, 0.05) is 27.4 Å². The first-order valence-electron chi connectivity index (χ1n) is 7.74. The van der Waals surface area contributed by atoms with Crippen molar-refractivity contribution in [1.82, 2.24) is 0 Å². The van der Waals surface area contributed by atoms with Crippen molar-refractivity contribution in [3.05, 3.63) is 0 Å². The van der Waals surface area contributed by atoms with Gasteiger partial charge in [-0.2, -0.15) is 0 Å². The predicted molar refractivity (Wildman–Crippen MR) is 102 cm³/mol. The molecule has 0 aromatic heterocycles. The first-order chi connectivity index (χ1) is 10.1. The summed E-state index contributed by atoms with van der Waals surface area (Å²) in [4.78, 5) is 0. The van der Waals surface area contributed by atoms with Crippen LogP contribution in [0.3, 0.4) is 0 Å². The molecule has 0 spiro atoms. The number of hydrogen-bond acceptors (Lipinski definition) is 6. The molecule has 6 nitrogen and oxygen atoms in total. The third-order valence-electron chi connectivity index (χ3n) is 3.15. The molecule has 0 atom stereocenters. The molecular weight excluding hydrogens is 369 g/mol. The zero-order chi connectivity index (χ0) is 17.4. The number of rotatable bonds is 12. The minimum absolute atomic E-state index is 0.759. The second kappa shape index (κ2) is 10.7. The summed E-state index contributed by atoms with van der Waals surface area (Å²) in [5.41, 5.74) is 0. The molecule has 0 radical (unpaired) electrons. The van der Waals surface area contributed by atoms with E-state index >= 15 is 0 Å². The van der Waals surface area contributed by atoms with Crippen LogP contribution in [0.4, 0.5) is 0 Å². The summed E-state index contributed by atoms with van der Waals surface area (Å²) in [6.07, 6.45) is 0. The summed E-state index contributed by atoms with van der Waals surface area (Å²) in [6, 6.07) is 1.67. The summed E-state index contributed by atoms with van der Waals surface area (Å²) in [6.45, 7) is 13.0. The molecule has 11 heteroatoms. The van der Waals surface area contributed by atoms with E-state index in [1.54, 1.807) is 21.3 Å². The van der Waals surface area contributed by atoms with Crippen LogP contribution in [0.1, 0.15) is 0 Å². The van der Waals surface area contributed by atoms with Gasteiger partial charge >= 0.3 is 18.3 Å². The zero-order valence-corrected chi connectivity index (χ0v) is 21.1. The SMILES string of the molecule is CO[Si](CC[Si](C)(C)O[SiH](O[SiH](C)C)O[SiH](C)C)(OC)OC. The van der Waals surface area contributed by atoms with E-state index in [2.05, 4.69) is 39.3 Å². The molecule has 0 fully saturated rings. The Hall–Kier alpha value is 0.844. The average molecular weight is 403 g/mol. The summed E-state index contributed by atoms with van der Waals surface area (Å²) in [5, 5.41) is 0. The van der Waals surface area contributed by atoms with E-state index < -0.39 is 44.7 Å². The maximum absolute atomic E-state index is 6.35. The normalized spacial score (nSPS) is 13.6. The highest BCUT2D eigenvalue weighted by Gasteiger charge is 2.41. The van der Waals surface area contributed by atoms with Gasteiger partial charge < -0.3 is 25.6 Å². The molecule has 0 aliphatic heterocycles. The van der Waals surface area contributed by atoms with Crippen LogP contribution in [0.5, 0.6) is 0 Å². The van der Waals surface area contributed by atoms with Crippen molar-refractivity contribution in [2.75, 3.05) is 21.3 Å². The molecule has 0 aromatic rings. The van der Waals surface area contributed by atoms with Gasteiger partial charge in [0.15, 0.2) is 26.4 Å². The van der Waals surface area contributed by atoms with E-state index in [1.807, 2.05) is 0 Å². The van der Waals surface area contributed by atoms with Gasteiger partial charge in [-0.3, -0.25) is 0 Å². The smallest absolute Gasteiger partial charge is 0.422 e. The lowest BCUT2D eigenvalue weighted by atomic mass is 10.9. The Morgan fingerprint density at radius 2 is 1.14 bits per heavy atom. The fraction of sp³-hybridized carbons (Fsp3) is 1.00. The molecule has 134 valence electrons. The average Bonchev–Trinajstić information content (AvgIpc) is 2.38. The highest BCUT2D eigenvalue weighted by molar-refractivity contribution is 6.79. The molecule has 0 heterocycles. The lowest BCUT2D eigenvalue weighted by Gasteiger charge is -2.32. The standard InChI is InChI=1S/C11H34O6Si5/c1-12-22(13-2,14-3)11-10-21(8,9)17-20(15-18(4)5)16-19(6)7/h18-20H,10-11H2,1-9H3. The lowest BCUT2D eigenvalue weighted by Crippen LogP contribution is -2.48. The summed E-state index contributed by atoms with van der Waals surface area (Å²) in [5.74, 6) is 0. The third-order valence-corrected chi connectivity index (χ3v) is 17.3. The van der Waals surface area contributed by atoms with Gasteiger partial charge in [-0.15, -0.1) is 0 Å². The second-order valence-corrected chi connectivity index (χ2v) is 21.3. The van der Waals surface area contributed by atoms with Crippen molar-refractivity contribution in [2.45, 2.75) is 51.4 Å². The monoisotopic (exact) mass is 402 g/mol. The van der Waals surface area contributed by atoms with Gasteiger partial charge in [-0.25, -0.2) is 0 Å². The van der Waals surface area contributed by atoms with Crippen LogP contribution < -0.4 is 0 Å². The number of hydrogen-bond donors (Lipinski definition) is 0. The molecule has 0 saturated carbocycles. The molecule has 0 aliphatic rings. The topological polar surface area (TPSA) is 55.4 Å². The maximum Gasteiger partial charge on any atom is 0.499 e. The van der Waals surface area contributed by atoms with Gasteiger partial charge in [0.2, 0.25) is 0 Å². The van der Waals surface area contributed by atoms with Gasteiger partial charge in [-0.1, -0.05) is 0 Å². The van der Waals surface area contributed by atoms with Crippen molar-refractivity contribution < 1.29 is 25.6 Å². The Morgan fingerprint density at radius 1 is 0.727 bits per heavy atom. The Kier molecular flexibility index (Phi) is 11.1. The largest absolute Gasteiger partial charge is 0.499 e. The highest BCUT2D eigenvalue weighted by Crippen LogP contribution is 2.23. The van der Waals surface area contributed by atoms with Crippen LogP contribution in [0.15, 0.2) is 0 Å². The second-order valence-electron chi connectivity index (χ2n) is 6.33. The van der Waals surface area contributed by atoms with Crippen molar-refractivity contribution in [2.24, 2.45) is 0 Å². The van der Waals surface area contributed by atoms with Gasteiger partial charge in [0.05, 0.1) is 0 Å². The third kappa shape index (κ3) is 9.22. The van der Waals surface area contributed by atoms with Gasteiger partial charge in [0.25, 0.3) is 0 Å². The van der Waals surface area contributed by atoms with Gasteiger partial charge in [-0.05, 0) is 45.3 Å². The van der Waals surface area contributed by atoms with Crippen molar-refractivity contribution in [3.63, 3.8) is 0 Å². The fourth-order valence-corrected chi connectivity index (χ4v) is 15.0. The highest BCUT2D eigenvalue weighted by atomic mass is 28.5. The molecule has 0 aromatic carbocycles. The van der Waals surface area contributed by atoms with Crippen molar-refractivity contribution >= 4 is 44.7 Å². The predicted octanol–water partition coefficient (Wildman–Crippen LogP) is 1.80. The minimum Gasteiger partial charge on any atom is -0.422 e. The molecule has 22 heavy (non-hydrogen) atoms. The van der Waals surface area contributed by atoms with Crippen LogP contribution in [0.25, 0.3) is 0 Å². The van der Waals surface area contributed by atoms with E-state index in [4.69, 9.17) is 25.6 Å². The molecular formula is C11H34O6Si5. The van der Waals surface area contributed by atoms with E-state index in [0.29, 0.717) is 0 Å². The fourth-order valence-electron chi connectivity index (χ4n) is 1.86. The van der Waals surface area contributed by atoms with E-state index in [-0.39, 0.29) is 0 Å². The Bertz CT molecular complexity index is 282. The van der Waals surface area contributed by atoms with Crippen LogP contribution in [-0.4, -0.2) is 66.1 Å². The Labute approximate surface area is 143 Å². The van der Waals surface area contributed by atoms with Crippen LogP contribution in [0, 0.1) is 0 Å². The van der Waals surface area contributed by atoms with Crippen molar-refractivity contribution in [3.8, 4) is 0 Å². The quantitative estimate of drug-likeness (QED) is 0.464. The van der Waals surface area contributed by atoms with E-state index in [9.17, 15) is 0 Å². The molecule has 0 rings (SSSR count). The van der Waals surface area contributed by atoms with E-state index in [1.165, 1.54) is 0 Å². The maximum atomic E-state index is 6.35. The summed E-state index contributed by atoms with van der Waals surface area (Å²) in [7, 11) is -3.83. The van der Waals surface area contributed by atoms with Crippen molar-refractivity contribution in [1.29, 1.82) is 0 Å². The lowest BCUT2D eigenvalue weighted by molar-refractivity contribution is 0.124. The molecule has 0 N–H and O–H groups in total. The Balaban J connectivity index is 4.68. The first kappa shape index (κ1) is 22.8. The Morgan fingerprint density at radius 3 is 1.45 bits per heavy atom. The van der Waals surface area contributed by atoms with Crippen LogP contribution in [0.2, 0.25) is 51.4 Å².